The number of hydrogen-bond acceptors (Lipinski definition) is 2. The molecule has 2 nitrogen and oxygen atoms in total. The molecule has 1 aromatic rings. The fourth-order valence-corrected chi connectivity index (χ4v) is 1.61. The SMILES string of the molecule is CC(C)CC(=O)c1cccc(OC2CC2)c1. The Morgan fingerprint density at radius 2 is 2.19 bits per heavy atom. The first-order chi connectivity index (χ1) is 7.65. The molecule has 0 N–H and O–H groups in total. The second-order valence-electron chi connectivity index (χ2n) is 4.87. The molecule has 0 bridgehead atoms. The summed E-state index contributed by atoms with van der Waals surface area (Å²) in [7, 11) is 0. The van der Waals surface area contributed by atoms with Gasteiger partial charge in [0.2, 0.25) is 0 Å². The number of carbonyl (C=O) groups excluding carboxylic acids is 1. The van der Waals surface area contributed by atoms with Crippen LogP contribution in [0.3, 0.4) is 0 Å². The van der Waals surface area contributed by atoms with E-state index in [0.717, 1.165) is 24.2 Å². The van der Waals surface area contributed by atoms with Crippen molar-refractivity contribution in [3.05, 3.63) is 29.8 Å². The van der Waals surface area contributed by atoms with Crippen LogP contribution in [0.4, 0.5) is 0 Å². The Balaban J connectivity index is 2.05. The van der Waals surface area contributed by atoms with Gasteiger partial charge in [-0.25, -0.2) is 0 Å². The van der Waals surface area contributed by atoms with Crippen LogP contribution in [-0.4, -0.2) is 11.9 Å². The second kappa shape index (κ2) is 4.69. The van der Waals surface area contributed by atoms with Crippen molar-refractivity contribution < 1.29 is 9.53 Å². The van der Waals surface area contributed by atoms with Crippen LogP contribution in [0.1, 0.15) is 43.5 Å². The van der Waals surface area contributed by atoms with E-state index < -0.39 is 0 Å². The molecule has 0 aromatic heterocycles. The van der Waals surface area contributed by atoms with Crippen LogP contribution >= 0.6 is 0 Å². The van der Waals surface area contributed by atoms with E-state index in [0.29, 0.717) is 18.4 Å². The Morgan fingerprint density at radius 3 is 2.81 bits per heavy atom. The minimum Gasteiger partial charge on any atom is -0.490 e. The maximum Gasteiger partial charge on any atom is 0.163 e. The van der Waals surface area contributed by atoms with Crippen LogP contribution in [0.25, 0.3) is 0 Å². The third-order valence-electron chi connectivity index (χ3n) is 2.58. The zero-order valence-corrected chi connectivity index (χ0v) is 9.90. The number of ether oxygens (including phenoxy) is 1. The smallest absolute Gasteiger partial charge is 0.163 e. The maximum absolute atomic E-state index is 11.9. The number of rotatable bonds is 5. The lowest BCUT2D eigenvalue weighted by molar-refractivity contribution is 0.0967. The van der Waals surface area contributed by atoms with Crippen molar-refractivity contribution in [3.8, 4) is 5.75 Å². The molecule has 1 aromatic carbocycles. The highest BCUT2D eigenvalue weighted by atomic mass is 16.5. The fraction of sp³-hybridized carbons (Fsp3) is 0.500. The molecule has 1 aliphatic carbocycles. The van der Waals surface area contributed by atoms with Gasteiger partial charge >= 0.3 is 0 Å². The van der Waals surface area contributed by atoms with Gasteiger partial charge in [-0.15, -0.1) is 0 Å². The van der Waals surface area contributed by atoms with E-state index in [1.807, 2.05) is 24.3 Å². The summed E-state index contributed by atoms with van der Waals surface area (Å²) in [6, 6.07) is 7.54. The van der Waals surface area contributed by atoms with Crippen molar-refractivity contribution in [1.82, 2.24) is 0 Å². The van der Waals surface area contributed by atoms with Crippen molar-refractivity contribution in [2.45, 2.75) is 39.2 Å². The monoisotopic (exact) mass is 218 g/mol. The number of Topliss-reactive ketones (excluding diaryl/α,β-unsaturated/α-hetero) is 1. The third kappa shape index (κ3) is 3.09. The molecule has 0 radical (unpaired) electrons. The Morgan fingerprint density at radius 1 is 1.44 bits per heavy atom. The van der Waals surface area contributed by atoms with Gasteiger partial charge in [-0.05, 0) is 30.9 Å². The number of ketones is 1. The topological polar surface area (TPSA) is 26.3 Å². The molecule has 16 heavy (non-hydrogen) atoms. The Bertz CT molecular complexity index is 378. The van der Waals surface area contributed by atoms with E-state index in [9.17, 15) is 4.79 Å². The highest BCUT2D eigenvalue weighted by Gasteiger charge is 2.23. The van der Waals surface area contributed by atoms with Gasteiger partial charge in [0.1, 0.15) is 5.75 Å². The van der Waals surface area contributed by atoms with Crippen molar-refractivity contribution in [2.24, 2.45) is 5.92 Å². The lowest BCUT2D eigenvalue weighted by Crippen LogP contribution is -2.04. The van der Waals surface area contributed by atoms with E-state index in [1.54, 1.807) is 0 Å². The number of benzene rings is 1. The van der Waals surface area contributed by atoms with Gasteiger partial charge in [-0.3, -0.25) is 4.79 Å². The molecule has 2 heteroatoms. The van der Waals surface area contributed by atoms with E-state index in [4.69, 9.17) is 4.74 Å². The summed E-state index contributed by atoms with van der Waals surface area (Å²) in [6.07, 6.45) is 3.27. The number of carbonyl (C=O) groups is 1. The van der Waals surface area contributed by atoms with Gasteiger partial charge in [0, 0.05) is 12.0 Å². The molecule has 0 saturated heterocycles. The first-order valence-electron chi connectivity index (χ1n) is 5.95. The molecule has 0 unspecified atom stereocenters. The molecule has 1 saturated carbocycles. The molecule has 2 rings (SSSR count). The summed E-state index contributed by atoms with van der Waals surface area (Å²) in [5.41, 5.74) is 0.770. The highest BCUT2D eigenvalue weighted by molar-refractivity contribution is 5.96. The zero-order valence-electron chi connectivity index (χ0n) is 9.90. The lowest BCUT2D eigenvalue weighted by Gasteiger charge is -2.07. The average molecular weight is 218 g/mol. The maximum atomic E-state index is 11.9. The molecule has 86 valence electrons. The molecule has 0 aliphatic heterocycles. The van der Waals surface area contributed by atoms with Gasteiger partial charge in [0.25, 0.3) is 0 Å². The van der Waals surface area contributed by atoms with E-state index in [2.05, 4.69) is 13.8 Å². The van der Waals surface area contributed by atoms with Crippen molar-refractivity contribution in [1.29, 1.82) is 0 Å². The highest BCUT2D eigenvalue weighted by Crippen LogP contribution is 2.27. The summed E-state index contributed by atoms with van der Waals surface area (Å²) in [6.45, 7) is 4.12. The molecule has 1 fully saturated rings. The standard InChI is InChI=1S/C14H18O2/c1-10(2)8-14(15)11-4-3-5-13(9-11)16-12-6-7-12/h3-5,9-10,12H,6-8H2,1-2H3. The van der Waals surface area contributed by atoms with Crippen LogP contribution in [0.2, 0.25) is 0 Å². The van der Waals surface area contributed by atoms with Crippen LogP contribution in [-0.2, 0) is 0 Å². The van der Waals surface area contributed by atoms with Gasteiger partial charge in [0.05, 0.1) is 6.10 Å². The van der Waals surface area contributed by atoms with Gasteiger partial charge in [0.15, 0.2) is 5.78 Å². The summed E-state index contributed by atoms with van der Waals surface area (Å²) in [5.74, 6) is 1.44. The molecular weight excluding hydrogens is 200 g/mol. The average Bonchev–Trinajstić information content (AvgIpc) is 3.01. The first-order valence-corrected chi connectivity index (χ1v) is 5.95. The predicted octanol–water partition coefficient (Wildman–Crippen LogP) is 3.46. The van der Waals surface area contributed by atoms with Crippen LogP contribution in [0.5, 0.6) is 5.75 Å². The molecule has 0 atom stereocenters. The van der Waals surface area contributed by atoms with Crippen molar-refractivity contribution in [2.75, 3.05) is 0 Å². The first kappa shape index (κ1) is 11.2. The quantitative estimate of drug-likeness (QED) is 0.707. The Kier molecular flexibility index (Phi) is 3.28. The minimum absolute atomic E-state index is 0.205. The lowest BCUT2D eigenvalue weighted by atomic mass is 10.0. The summed E-state index contributed by atoms with van der Waals surface area (Å²) < 4.78 is 5.67. The normalized spacial score (nSPS) is 15.2. The predicted molar refractivity (Wildman–Crippen MR) is 63.9 cm³/mol. The molecular formula is C14H18O2. The largest absolute Gasteiger partial charge is 0.490 e. The summed E-state index contributed by atoms with van der Waals surface area (Å²) in [4.78, 5) is 11.9. The van der Waals surface area contributed by atoms with E-state index in [1.165, 1.54) is 0 Å². The van der Waals surface area contributed by atoms with E-state index in [-0.39, 0.29) is 5.78 Å². The minimum atomic E-state index is 0.205. The van der Waals surface area contributed by atoms with Crippen LogP contribution in [0, 0.1) is 5.92 Å². The molecule has 0 amide bonds. The van der Waals surface area contributed by atoms with Gasteiger partial charge < -0.3 is 4.74 Å². The Hall–Kier alpha value is -1.31. The second-order valence-corrected chi connectivity index (χ2v) is 4.87. The van der Waals surface area contributed by atoms with E-state index >= 15 is 0 Å². The van der Waals surface area contributed by atoms with Crippen molar-refractivity contribution >= 4 is 5.78 Å². The zero-order chi connectivity index (χ0) is 11.5. The van der Waals surface area contributed by atoms with Crippen molar-refractivity contribution in [3.63, 3.8) is 0 Å². The summed E-state index contributed by atoms with van der Waals surface area (Å²) >= 11 is 0. The van der Waals surface area contributed by atoms with Gasteiger partial charge in [-0.1, -0.05) is 26.0 Å². The molecule has 0 heterocycles. The fourth-order valence-electron chi connectivity index (χ4n) is 1.61. The van der Waals surface area contributed by atoms with Crippen LogP contribution < -0.4 is 4.74 Å². The molecule has 1 aliphatic rings. The van der Waals surface area contributed by atoms with Gasteiger partial charge in [-0.2, -0.15) is 0 Å². The number of hydrogen-bond donors (Lipinski definition) is 0. The summed E-state index contributed by atoms with van der Waals surface area (Å²) in [5, 5.41) is 0. The Labute approximate surface area is 96.6 Å². The molecule has 0 spiro atoms. The van der Waals surface area contributed by atoms with Crippen LogP contribution in [0.15, 0.2) is 24.3 Å². The third-order valence-corrected chi connectivity index (χ3v) is 2.58.